The molecule has 2 aromatic rings. The van der Waals surface area contributed by atoms with Crippen LogP contribution in [0, 0.1) is 6.92 Å². The number of benzene rings is 1. The Balaban J connectivity index is 1.60. The van der Waals surface area contributed by atoms with Crippen LogP contribution in [0.25, 0.3) is 10.9 Å². The molecule has 4 nitrogen and oxygen atoms in total. The molecule has 23 heavy (non-hydrogen) atoms. The fourth-order valence-corrected chi connectivity index (χ4v) is 3.64. The number of hydrogen-bond acceptors (Lipinski definition) is 2. The number of nitrogens with zero attached hydrogens (tertiary/aromatic N) is 2. The van der Waals surface area contributed by atoms with Crippen molar-refractivity contribution < 1.29 is 4.79 Å². The molecule has 1 aliphatic heterocycles. The summed E-state index contributed by atoms with van der Waals surface area (Å²) in [4.78, 5) is 14.7. The molecule has 0 aliphatic carbocycles. The third-order valence-electron chi connectivity index (χ3n) is 4.98. The highest BCUT2D eigenvalue weighted by molar-refractivity contribution is 5.82. The molecule has 2 heterocycles. The van der Waals surface area contributed by atoms with E-state index in [1.54, 1.807) is 0 Å². The predicted molar refractivity (Wildman–Crippen MR) is 94.6 cm³/mol. The molecule has 1 aromatic heterocycles. The first-order valence-corrected chi connectivity index (χ1v) is 8.69. The van der Waals surface area contributed by atoms with Gasteiger partial charge in [-0.2, -0.15) is 0 Å². The smallest absolute Gasteiger partial charge is 0.237 e. The number of aromatic nitrogens is 1. The number of para-hydroxylation sites is 1. The topological polar surface area (TPSA) is 37.3 Å². The van der Waals surface area contributed by atoms with Crippen LogP contribution >= 0.6 is 0 Å². The molecule has 0 saturated carbocycles. The number of rotatable bonds is 4. The molecule has 0 spiro atoms. The first-order valence-electron chi connectivity index (χ1n) is 8.69. The van der Waals surface area contributed by atoms with Crippen molar-refractivity contribution in [2.24, 2.45) is 0 Å². The highest BCUT2D eigenvalue weighted by atomic mass is 16.2. The van der Waals surface area contributed by atoms with Crippen LogP contribution in [0.3, 0.4) is 0 Å². The molecular formula is C19H27N3O. The lowest BCUT2D eigenvalue weighted by atomic mass is 10.1. The Morgan fingerprint density at radius 2 is 2.09 bits per heavy atom. The normalized spacial score (nSPS) is 19.7. The van der Waals surface area contributed by atoms with E-state index in [-0.39, 0.29) is 11.9 Å². The van der Waals surface area contributed by atoms with Crippen molar-refractivity contribution in [3.63, 3.8) is 0 Å². The van der Waals surface area contributed by atoms with Crippen LogP contribution in [-0.2, 0) is 11.3 Å². The van der Waals surface area contributed by atoms with E-state index in [4.69, 9.17) is 0 Å². The summed E-state index contributed by atoms with van der Waals surface area (Å²) in [6.07, 6.45) is 4.58. The lowest BCUT2D eigenvalue weighted by Gasteiger charge is -2.24. The zero-order chi connectivity index (χ0) is 16.2. The van der Waals surface area contributed by atoms with Crippen molar-refractivity contribution in [1.29, 1.82) is 0 Å². The Bertz CT molecular complexity index is 676. The molecule has 3 rings (SSSR count). The van der Waals surface area contributed by atoms with Crippen LogP contribution < -0.4 is 5.32 Å². The Morgan fingerprint density at radius 1 is 1.26 bits per heavy atom. The number of carbonyl (C=O) groups excluding carboxylic acids is 1. The van der Waals surface area contributed by atoms with Crippen LogP contribution in [0.1, 0.15) is 31.4 Å². The van der Waals surface area contributed by atoms with Crippen molar-refractivity contribution in [3.05, 3.63) is 36.0 Å². The molecule has 1 atom stereocenters. The third-order valence-corrected chi connectivity index (χ3v) is 4.98. The van der Waals surface area contributed by atoms with E-state index in [0.29, 0.717) is 6.54 Å². The first kappa shape index (κ1) is 16.1. The Hall–Kier alpha value is -1.81. The number of carbonyl (C=O) groups is 1. The van der Waals surface area contributed by atoms with Gasteiger partial charge in [0, 0.05) is 24.3 Å². The van der Waals surface area contributed by atoms with Gasteiger partial charge in [-0.3, -0.25) is 9.69 Å². The highest BCUT2D eigenvalue weighted by Gasteiger charge is 2.24. The average molecular weight is 313 g/mol. The lowest BCUT2D eigenvalue weighted by Crippen LogP contribution is -2.45. The molecule has 0 bridgehead atoms. The van der Waals surface area contributed by atoms with Gasteiger partial charge >= 0.3 is 0 Å². The van der Waals surface area contributed by atoms with Crippen molar-refractivity contribution >= 4 is 16.8 Å². The Labute approximate surface area is 138 Å². The largest absolute Gasteiger partial charge is 0.353 e. The molecule has 1 aliphatic rings. The summed E-state index contributed by atoms with van der Waals surface area (Å²) in [5.41, 5.74) is 2.48. The fourth-order valence-electron chi connectivity index (χ4n) is 3.64. The maximum absolute atomic E-state index is 12.5. The van der Waals surface area contributed by atoms with Gasteiger partial charge in [-0.1, -0.05) is 31.0 Å². The van der Waals surface area contributed by atoms with E-state index in [2.05, 4.69) is 59.1 Å². The van der Waals surface area contributed by atoms with Crippen molar-refractivity contribution in [2.45, 2.75) is 45.2 Å². The predicted octanol–water partition coefficient (Wildman–Crippen LogP) is 2.94. The van der Waals surface area contributed by atoms with Crippen LogP contribution in [0.5, 0.6) is 0 Å². The summed E-state index contributed by atoms with van der Waals surface area (Å²) in [6.45, 7) is 4.66. The SMILES string of the molecule is Cc1cc2ccccc2n1CCNC(=O)[C@@H]1CCCCCN1C. The second kappa shape index (κ2) is 7.18. The van der Waals surface area contributed by atoms with Crippen molar-refractivity contribution in [2.75, 3.05) is 20.1 Å². The van der Waals surface area contributed by atoms with Gasteiger partial charge in [0.2, 0.25) is 5.91 Å². The highest BCUT2D eigenvalue weighted by Crippen LogP contribution is 2.19. The molecule has 1 fully saturated rings. The van der Waals surface area contributed by atoms with Crippen LogP contribution in [0.2, 0.25) is 0 Å². The number of fused-ring (bicyclic) bond motifs is 1. The number of hydrogen-bond donors (Lipinski definition) is 1. The second-order valence-electron chi connectivity index (χ2n) is 6.63. The van der Waals surface area contributed by atoms with Gasteiger partial charge in [-0.25, -0.2) is 0 Å². The van der Waals surface area contributed by atoms with Gasteiger partial charge in [-0.05, 0) is 50.9 Å². The first-order chi connectivity index (χ1) is 11.2. The van der Waals surface area contributed by atoms with Crippen LogP contribution in [0.4, 0.5) is 0 Å². The summed E-state index contributed by atoms with van der Waals surface area (Å²) >= 11 is 0. The maximum Gasteiger partial charge on any atom is 0.237 e. The Morgan fingerprint density at radius 3 is 2.96 bits per heavy atom. The lowest BCUT2D eigenvalue weighted by molar-refractivity contribution is -0.126. The number of aryl methyl sites for hydroxylation is 1. The number of likely N-dealkylation sites (N-methyl/N-ethyl adjacent to an activating group) is 1. The van der Waals surface area contributed by atoms with E-state index in [1.807, 2.05) is 0 Å². The zero-order valence-electron chi connectivity index (χ0n) is 14.2. The molecule has 4 heteroatoms. The van der Waals surface area contributed by atoms with Gasteiger partial charge in [0.1, 0.15) is 0 Å². The number of amides is 1. The minimum absolute atomic E-state index is 0.0417. The zero-order valence-corrected chi connectivity index (χ0v) is 14.2. The molecule has 1 N–H and O–H groups in total. The summed E-state index contributed by atoms with van der Waals surface area (Å²) in [6, 6.07) is 10.7. The van der Waals surface area contributed by atoms with Gasteiger partial charge in [-0.15, -0.1) is 0 Å². The van der Waals surface area contributed by atoms with Crippen LogP contribution in [-0.4, -0.2) is 41.6 Å². The fraction of sp³-hybridized carbons (Fsp3) is 0.526. The molecule has 1 aromatic carbocycles. The van der Waals surface area contributed by atoms with Crippen LogP contribution in [0.15, 0.2) is 30.3 Å². The van der Waals surface area contributed by atoms with E-state index >= 15 is 0 Å². The van der Waals surface area contributed by atoms with Gasteiger partial charge < -0.3 is 9.88 Å². The summed E-state index contributed by atoms with van der Waals surface area (Å²) in [5.74, 6) is 0.184. The minimum Gasteiger partial charge on any atom is -0.353 e. The summed E-state index contributed by atoms with van der Waals surface area (Å²) in [5, 5.41) is 4.40. The summed E-state index contributed by atoms with van der Waals surface area (Å²) < 4.78 is 2.28. The quantitative estimate of drug-likeness (QED) is 0.942. The molecular weight excluding hydrogens is 286 g/mol. The van der Waals surface area contributed by atoms with Crippen molar-refractivity contribution in [1.82, 2.24) is 14.8 Å². The van der Waals surface area contributed by atoms with Gasteiger partial charge in [0.15, 0.2) is 0 Å². The average Bonchev–Trinajstić information content (AvgIpc) is 2.70. The second-order valence-corrected chi connectivity index (χ2v) is 6.63. The number of nitrogens with one attached hydrogen (secondary N) is 1. The molecule has 0 unspecified atom stereocenters. The molecule has 0 radical (unpaired) electrons. The monoisotopic (exact) mass is 313 g/mol. The molecule has 1 amide bonds. The maximum atomic E-state index is 12.5. The Kier molecular flexibility index (Phi) is 5.01. The van der Waals surface area contributed by atoms with E-state index in [1.165, 1.54) is 29.4 Å². The van der Waals surface area contributed by atoms with E-state index < -0.39 is 0 Å². The van der Waals surface area contributed by atoms with Gasteiger partial charge in [0.05, 0.1) is 6.04 Å². The summed E-state index contributed by atoms with van der Waals surface area (Å²) in [7, 11) is 2.07. The van der Waals surface area contributed by atoms with Crippen molar-refractivity contribution in [3.8, 4) is 0 Å². The number of likely N-dealkylation sites (tertiary alicyclic amines) is 1. The molecule has 1 saturated heterocycles. The van der Waals surface area contributed by atoms with E-state index in [0.717, 1.165) is 25.9 Å². The van der Waals surface area contributed by atoms with E-state index in [9.17, 15) is 4.79 Å². The third kappa shape index (κ3) is 3.58. The standard InChI is InChI=1S/C19H27N3O/c1-15-14-16-8-5-6-9-17(16)22(15)13-11-20-19(23)18-10-4-3-7-12-21(18)2/h5-6,8-9,14,18H,3-4,7,10-13H2,1-2H3,(H,20,23)/t18-/m0/s1. The minimum atomic E-state index is 0.0417. The molecule has 124 valence electrons. The van der Waals surface area contributed by atoms with Gasteiger partial charge in [0.25, 0.3) is 0 Å².